The molecule has 2 saturated heterocycles. The summed E-state index contributed by atoms with van der Waals surface area (Å²) in [7, 11) is 0. The molecule has 3 amide bonds. The van der Waals surface area contributed by atoms with Gasteiger partial charge in [0, 0.05) is 54.7 Å². The maximum atomic E-state index is 12.9. The van der Waals surface area contributed by atoms with E-state index >= 15 is 0 Å². The zero-order chi connectivity index (χ0) is 19.8. The Morgan fingerprint density at radius 1 is 0.893 bits per heavy atom. The Labute approximate surface area is 171 Å². The van der Waals surface area contributed by atoms with Gasteiger partial charge in [0.15, 0.2) is 5.76 Å². The molecule has 148 valence electrons. The van der Waals surface area contributed by atoms with E-state index in [-0.39, 0.29) is 5.91 Å². The molecule has 2 aromatic rings. The van der Waals surface area contributed by atoms with Crippen LogP contribution in [-0.2, 0) is 9.59 Å². The summed E-state index contributed by atoms with van der Waals surface area (Å²) >= 11 is 3.44. The van der Waals surface area contributed by atoms with Crippen LogP contribution in [-0.4, -0.2) is 71.7 Å². The number of rotatable bonds is 1. The molecule has 0 atom stereocenters. The van der Waals surface area contributed by atoms with Crippen molar-refractivity contribution in [1.29, 1.82) is 0 Å². The largest absolute Gasteiger partial charge is 0.451 e. The second-order valence-electron chi connectivity index (χ2n) is 7.28. The SMILES string of the molecule is Cc1c(C(=O)N2CCN(C(=O)C(=O)N3CCCC3)CC2)oc2ccc(Br)cc12. The summed E-state index contributed by atoms with van der Waals surface area (Å²) < 4.78 is 6.72. The number of fused-ring (bicyclic) bond motifs is 1. The number of benzene rings is 1. The maximum absolute atomic E-state index is 12.9. The van der Waals surface area contributed by atoms with Gasteiger partial charge in [0.1, 0.15) is 5.58 Å². The summed E-state index contributed by atoms with van der Waals surface area (Å²) in [6, 6.07) is 5.65. The Hall–Kier alpha value is -2.35. The van der Waals surface area contributed by atoms with Crippen LogP contribution in [0.25, 0.3) is 11.0 Å². The van der Waals surface area contributed by atoms with Crippen LogP contribution in [0.15, 0.2) is 27.1 Å². The summed E-state index contributed by atoms with van der Waals surface area (Å²) in [4.78, 5) is 42.5. The zero-order valence-electron chi connectivity index (χ0n) is 15.7. The van der Waals surface area contributed by atoms with E-state index in [0.717, 1.165) is 28.3 Å². The lowest BCUT2D eigenvalue weighted by Gasteiger charge is -2.34. The molecule has 0 bridgehead atoms. The number of nitrogens with zero attached hydrogens (tertiary/aromatic N) is 3. The third-order valence-corrected chi connectivity index (χ3v) is 6.02. The second kappa shape index (κ2) is 7.58. The Kier molecular flexibility index (Phi) is 5.14. The van der Waals surface area contributed by atoms with Crippen molar-refractivity contribution in [3.05, 3.63) is 34.0 Å². The van der Waals surface area contributed by atoms with Crippen molar-refractivity contribution in [2.75, 3.05) is 39.3 Å². The van der Waals surface area contributed by atoms with E-state index < -0.39 is 11.8 Å². The summed E-state index contributed by atoms with van der Waals surface area (Å²) in [5.74, 6) is -0.724. The van der Waals surface area contributed by atoms with E-state index in [1.165, 1.54) is 0 Å². The monoisotopic (exact) mass is 447 g/mol. The third kappa shape index (κ3) is 3.41. The van der Waals surface area contributed by atoms with Gasteiger partial charge in [0.25, 0.3) is 5.91 Å². The van der Waals surface area contributed by atoms with Crippen molar-refractivity contribution >= 4 is 44.6 Å². The highest BCUT2D eigenvalue weighted by Crippen LogP contribution is 2.29. The van der Waals surface area contributed by atoms with Crippen LogP contribution in [0.5, 0.6) is 0 Å². The van der Waals surface area contributed by atoms with E-state index in [1.54, 1.807) is 14.7 Å². The van der Waals surface area contributed by atoms with Crippen LogP contribution < -0.4 is 0 Å². The van der Waals surface area contributed by atoms with E-state index in [2.05, 4.69) is 15.9 Å². The Morgan fingerprint density at radius 3 is 2.11 bits per heavy atom. The average molecular weight is 448 g/mol. The fourth-order valence-electron chi connectivity index (χ4n) is 3.84. The molecule has 0 N–H and O–H groups in total. The number of hydrogen-bond acceptors (Lipinski definition) is 4. The number of hydrogen-bond donors (Lipinski definition) is 0. The van der Waals surface area contributed by atoms with Gasteiger partial charge in [-0.3, -0.25) is 14.4 Å². The highest BCUT2D eigenvalue weighted by atomic mass is 79.9. The van der Waals surface area contributed by atoms with Gasteiger partial charge in [0.05, 0.1) is 0 Å². The van der Waals surface area contributed by atoms with E-state index in [1.807, 2.05) is 25.1 Å². The van der Waals surface area contributed by atoms with Crippen molar-refractivity contribution < 1.29 is 18.8 Å². The number of carbonyl (C=O) groups is 3. The second-order valence-corrected chi connectivity index (χ2v) is 8.20. The van der Waals surface area contributed by atoms with Crippen molar-refractivity contribution in [3.63, 3.8) is 0 Å². The topological polar surface area (TPSA) is 74.1 Å². The molecular formula is C20H22BrN3O4. The Bertz CT molecular complexity index is 940. The van der Waals surface area contributed by atoms with Crippen molar-refractivity contribution in [2.45, 2.75) is 19.8 Å². The molecule has 0 spiro atoms. The van der Waals surface area contributed by atoms with Crippen LogP contribution in [0.2, 0.25) is 0 Å². The number of piperazine rings is 1. The first-order chi connectivity index (χ1) is 13.5. The standard InChI is InChI=1S/C20H22BrN3O4/c1-13-15-12-14(21)4-5-16(15)28-17(13)18(25)23-8-10-24(11-9-23)20(27)19(26)22-6-2-3-7-22/h4-5,12H,2-3,6-11H2,1H3. The quantitative estimate of drug-likeness (QED) is 0.629. The Balaban J connectivity index is 1.42. The van der Waals surface area contributed by atoms with Crippen LogP contribution in [0.1, 0.15) is 29.0 Å². The van der Waals surface area contributed by atoms with Gasteiger partial charge < -0.3 is 19.1 Å². The molecule has 0 aliphatic carbocycles. The summed E-state index contributed by atoms with van der Waals surface area (Å²) in [5.41, 5.74) is 1.48. The fraction of sp³-hybridized carbons (Fsp3) is 0.450. The minimum absolute atomic E-state index is 0.178. The van der Waals surface area contributed by atoms with Crippen molar-refractivity contribution in [2.24, 2.45) is 0 Å². The van der Waals surface area contributed by atoms with Gasteiger partial charge in [-0.25, -0.2) is 0 Å². The maximum Gasteiger partial charge on any atom is 0.312 e. The molecule has 3 heterocycles. The predicted molar refractivity (Wildman–Crippen MR) is 107 cm³/mol. The molecule has 4 rings (SSSR count). The summed E-state index contributed by atoms with van der Waals surface area (Å²) in [6.07, 6.45) is 1.91. The molecule has 2 fully saturated rings. The first kappa shape index (κ1) is 19.0. The van der Waals surface area contributed by atoms with Gasteiger partial charge in [-0.15, -0.1) is 0 Å². The van der Waals surface area contributed by atoms with Gasteiger partial charge in [-0.05, 0) is 38.0 Å². The fourth-order valence-corrected chi connectivity index (χ4v) is 4.21. The highest BCUT2D eigenvalue weighted by Gasteiger charge is 2.33. The number of furan rings is 1. The first-order valence-electron chi connectivity index (χ1n) is 9.52. The van der Waals surface area contributed by atoms with Crippen molar-refractivity contribution in [1.82, 2.24) is 14.7 Å². The predicted octanol–water partition coefficient (Wildman–Crippen LogP) is 2.41. The average Bonchev–Trinajstić information content (AvgIpc) is 3.35. The van der Waals surface area contributed by atoms with E-state index in [9.17, 15) is 14.4 Å². The first-order valence-corrected chi connectivity index (χ1v) is 10.3. The number of carbonyl (C=O) groups excluding carboxylic acids is 3. The van der Waals surface area contributed by atoms with Gasteiger partial charge in [-0.1, -0.05) is 15.9 Å². The molecule has 0 radical (unpaired) electrons. The van der Waals surface area contributed by atoms with Gasteiger partial charge in [-0.2, -0.15) is 0 Å². The van der Waals surface area contributed by atoms with Crippen LogP contribution in [0.3, 0.4) is 0 Å². The van der Waals surface area contributed by atoms with Gasteiger partial charge in [0.2, 0.25) is 0 Å². The number of aryl methyl sites for hydroxylation is 1. The van der Waals surface area contributed by atoms with E-state index in [0.29, 0.717) is 50.6 Å². The molecule has 28 heavy (non-hydrogen) atoms. The van der Waals surface area contributed by atoms with Crippen molar-refractivity contribution in [3.8, 4) is 0 Å². The molecule has 8 heteroatoms. The normalized spacial score (nSPS) is 17.4. The lowest BCUT2D eigenvalue weighted by atomic mass is 10.1. The highest BCUT2D eigenvalue weighted by molar-refractivity contribution is 9.10. The summed E-state index contributed by atoms with van der Waals surface area (Å²) in [6.45, 7) is 4.68. The number of likely N-dealkylation sites (tertiary alicyclic amines) is 1. The molecular weight excluding hydrogens is 426 g/mol. The smallest absolute Gasteiger partial charge is 0.312 e. The number of amides is 3. The molecule has 2 aliphatic heterocycles. The molecule has 7 nitrogen and oxygen atoms in total. The molecule has 1 aromatic heterocycles. The lowest BCUT2D eigenvalue weighted by Crippen LogP contribution is -2.54. The van der Waals surface area contributed by atoms with Gasteiger partial charge >= 0.3 is 11.8 Å². The molecule has 1 aromatic carbocycles. The third-order valence-electron chi connectivity index (χ3n) is 5.52. The molecule has 2 aliphatic rings. The van der Waals surface area contributed by atoms with Crippen LogP contribution >= 0.6 is 15.9 Å². The minimum Gasteiger partial charge on any atom is -0.451 e. The zero-order valence-corrected chi connectivity index (χ0v) is 17.3. The minimum atomic E-state index is -0.459. The molecule has 0 saturated carbocycles. The van der Waals surface area contributed by atoms with E-state index in [4.69, 9.17) is 4.42 Å². The summed E-state index contributed by atoms with van der Waals surface area (Å²) in [5, 5.41) is 0.905. The Morgan fingerprint density at radius 2 is 1.46 bits per heavy atom. The molecule has 0 unspecified atom stereocenters. The van der Waals surface area contributed by atoms with Crippen LogP contribution in [0.4, 0.5) is 0 Å². The van der Waals surface area contributed by atoms with Crippen LogP contribution in [0, 0.1) is 6.92 Å². The lowest BCUT2D eigenvalue weighted by molar-refractivity contribution is -0.152. The number of halogens is 1.